The number of amides is 2. The minimum absolute atomic E-state index is 0.0299. The monoisotopic (exact) mass is 370 g/mol. The van der Waals surface area contributed by atoms with Crippen LogP contribution in [-0.4, -0.2) is 57.6 Å². The summed E-state index contributed by atoms with van der Waals surface area (Å²) < 4.78 is 1.40. The molecule has 144 valence electrons. The van der Waals surface area contributed by atoms with Crippen molar-refractivity contribution in [1.29, 1.82) is 0 Å². The van der Waals surface area contributed by atoms with Crippen LogP contribution in [0.25, 0.3) is 10.9 Å². The Morgan fingerprint density at radius 2 is 1.89 bits per heavy atom. The number of para-hydroxylation sites is 1. The van der Waals surface area contributed by atoms with Gasteiger partial charge in [0.25, 0.3) is 5.56 Å². The van der Waals surface area contributed by atoms with Crippen molar-refractivity contribution >= 4 is 22.7 Å². The first-order valence-electron chi connectivity index (χ1n) is 9.74. The van der Waals surface area contributed by atoms with Crippen LogP contribution < -0.4 is 5.56 Å². The van der Waals surface area contributed by atoms with Crippen LogP contribution in [-0.2, 0) is 16.1 Å². The maximum absolute atomic E-state index is 12.7. The Balaban J connectivity index is 1.41. The molecule has 2 saturated heterocycles. The number of aromatic nitrogens is 2. The summed E-state index contributed by atoms with van der Waals surface area (Å²) in [5.74, 6) is 0.220. The Labute approximate surface area is 157 Å². The fourth-order valence-electron chi connectivity index (χ4n) is 4.48. The molecule has 0 aliphatic carbocycles. The van der Waals surface area contributed by atoms with Gasteiger partial charge in [-0.3, -0.25) is 19.5 Å². The lowest BCUT2D eigenvalue weighted by Crippen LogP contribution is -2.52. The van der Waals surface area contributed by atoms with Crippen LogP contribution in [0.1, 0.15) is 32.6 Å². The lowest BCUT2D eigenvalue weighted by Gasteiger charge is -2.47. The maximum atomic E-state index is 12.7. The minimum Gasteiger partial charge on any atom is -0.342 e. The molecule has 1 spiro atoms. The van der Waals surface area contributed by atoms with E-state index in [2.05, 4.69) is 5.10 Å². The van der Waals surface area contributed by atoms with Gasteiger partial charge in [-0.1, -0.05) is 12.1 Å². The zero-order valence-corrected chi connectivity index (χ0v) is 15.7. The van der Waals surface area contributed by atoms with E-state index in [1.165, 1.54) is 4.68 Å². The number of likely N-dealkylation sites (tertiary alicyclic amines) is 2. The number of carbonyl (C=O) groups excluding carboxylic acids is 2. The van der Waals surface area contributed by atoms with Gasteiger partial charge in [-0.2, -0.15) is 0 Å². The quantitative estimate of drug-likeness (QED) is 0.891. The molecule has 0 unspecified atom stereocenters. The van der Waals surface area contributed by atoms with Gasteiger partial charge in [-0.25, -0.2) is 4.68 Å². The molecule has 3 heterocycles. The van der Waals surface area contributed by atoms with Gasteiger partial charge in [-0.05, 0) is 43.7 Å². The second kappa shape index (κ2) is 6.87. The second-order valence-electron chi connectivity index (χ2n) is 7.84. The largest absolute Gasteiger partial charge is 0.342 e. The van der Waals surface area contributed by atoms with Crippen LogP contribution >= 0.6 is 0 Å². The van der Waals surface area contributed by atoms with Gasteiger partial charge in [0.05, 0.1) is 10.9 Å². The highest BCUT2D eigenvalue weighted by Crippen LogP contribution is 2.40. The molecule has 1 aromatic carbocycles. The van der Waals surface area contributed by atoms with Crippen molar-refractivity contribution in [3.05, 3.63) is 34.6 Å². The maximum Gasteiger partial charge on any atom is 0.274 e. The highest BCUT2D eigenvalue weighted by atomic mass is 16.2. The topological polar surface area (TPSA) is 78.4 Å². The molecule has 2 amide bonds. The number of benzene rings is 1. The molecular weight excluding hydrogens is 344 g/mol. The van der Waals surface area contributed by atoms with Crippen LogP contribution in [0.5, 0.6) is 0 Å². The first-order valence-corrected chi connectivity index (χ1v) is 9.74. The van der Waals surface area contributed by atoms with Crippen molar-refractivity contribution < 1.29 is 9.59 Å². The summed E-state index contributed by atoms with van der Waals surface area (Å²) in [7, 11) is 0. The van der Waals surface area contributed by atoms with Crippen molar-refractivity contribution in [3.63, 3.8) is 0 Å². The molecule has 7 heteroatoms. The molecule has 2 aliphatic heterocycles. The number of hydrogen-bond donors (Lipinski definition) is 1. The molecule has 2 fully saturated rings. The van der Waals surface area contributed by atoms with E-state index >= 15 is 0 Å². The summed E-state index contributed by atoms with van der Waals surface area (Å²) in [6.07, 6.45) is 3.38. The fraction of sp³-hybridized carbons (Fsp3) is 0.550. The summed E-state index contributed by atoms with van der Waals surface area (Å²) in [4.78, 5) is 40.9. The predicted octanol–water partition coefficient (Wildman–Crippen LogP) is 1.58. The van der Waals surface area contributed by atoms with E-state index in [-0.39, 0.29) is 29.3 Å². The molecule has 4 rings (SSSR count). The summed E-state index contributed by atoms with van der Waals surface area (Å²) >= 11 is 0. The number of H-pyrrole nitrogens is 1. The first kappa shape index (κ1) is 17.8. The van der Waals surface area contributed by atoms with Crippen LogP contribution in [0.15, 0.2) is 29.1 Å². The molecule has 0 bridgehead atoms. The third kappa shape index (κ3) is 3.26. The standard InChI is InChI=1S/C20H26N4O3/c1-2-22-14-20(8-7-17(22)25)9-11-23(12-10-20)18(26)13-24-19(27)15-5-3-4-6-16(15)21-24/h3-6,21H,2,7-14H2,1H3. The van der Waals surface area contributed by atoms with Crippen LogP contribution in [0.3, 0.4) is 0 Å². The smallest absolute Gasteiger partial charge is 0.274 e. The first-order chi connectivity index (χ1) is 13.0. The van der Waals surface area contributed by atoms with Gasteiger partial charge < -0.3 is 9.80 Å². The van der Waals surface area contributed by atoms with Crippen molar-refractivity contribution in [2.45, 2.75) is 39.2 Å². The molecule has 0 atom stereocenters. The highest BCUT2D eigenvalue weighted by Gasteiger charge is 2.41. The number of piperidine rings is 2. The van der Waals surface area contributed by atoms with E-state index in [1.807, 2.05) is 34.9 Å². The van der Waals surface area contributed by atoms with Crippen LogP contribution in [0, 0.1) is 5.41 Å². The Bertz CT molecular complexity index is 921. The lowest BCUT2D eigenvalue weighted by atomic mass is 9.72. The molecule has 0 radical (unpaired) electrons. The van der Waals surface area contributed by atoms with E-state index in [0.717, 1.165) is 37.9 Å². The molecular formula is C20H26N4O3. The number of rotatable bonds is 3. The van der Waals surface area contributed by atoms with E-state index in [1.54, 1.807) is 6.07 Å². The molecule has 0 saturated carbocycles. The lowest BCUT2D eigenvalue weighted by molar-refractivity contribution is -0.142. The Kier molecular flexibility index (Phi) is 4.53. The number of fused-ring (bicyclic) bond motifs is 1. The summed E-state index contributed by atoms with van der Waals surface area (Å²) in [5.41, 5.74) is 0.745. The third-order valence-corrected chi connectivity index (χ3v) is 6.26. The second-order valence-corrected chi connectivity index (χ2v) is 7.84. The fourth-order valence-corrected chi connectivity index (χ4v) is 4.48. The van der Waals surface area contributed by atoms with E-state index < -0.39 is 0 Å². The summed E-state index contributed by atoms with van der Waals surface area (Å²) in [6.45, 7) is 5.02. The van der Waals surface area contributed by atoms with E-state index in [9.17, 15) is 14.4 Å². The number of nitrogens with one attached hydrogen (secondary N) is 1. The molecule has 2 aliphatic rings. The van der Waals surface area contributed by atoms with Gasteiger partial charge in [0.2, 0.25) is 11.8 Å². The number of hydrogen-bond acceptors (Lipinski definition) is 3. The molecule has 27 heavy (non-hydrogen) atoms. The average Bonchev–Trinajstić information content (AvgIpc) is 3.00. The number of carbonyl (C=O) groups is 2. The van der Waals surface area contributed by atoms with Crippen LogP contribution in [0.4, 0.5) is 0 Å². The average molecular weight is 370 g/mol. The SMILES string of the molecule is CCN1CC2(CCC1=O)CCN(C(=O)Cn1[nH]c3ccccc3c1=O)CC2. The molecule has 1 N–H and O–H groups in total. The van der Waals surface area contributed by atoms with Gasteiger partial charge in [0.1, 0.15) is 6.54 Å². The van der Waals surface area contributed by atoms with Crippen molar-refractivity contribution in [2.24, 2.45) is 5.41 Å². The van der Waals surface area contributed by atoms with Gasteiger partial charge >= 0.3 is 0 Å². The van der Waals surface area contributed by atoms with Gasteiger partial charge in [-0.15, -0.1) is 0 Å². The normalized spacial score (nSPS) is 19.8. The molecule has 1 aromatic heterocycles. The zero-order valence-electron chi connectivity index (χ0n) is 15.7. The Hall–Kier alpha value is -2.57. The van der Waals surface area contributed by atoms with Crippen molar-refractivity contribution in [3.8, 4) is 0 Å². The number of aromatic amines is 1. The van der Waals surface area contributed by atoms with E-state index in [0.29, 0.717) is 24.9 Å². The van der Waals surface area contributed by atoms with Gasteiger partial charge in [0, 0.05) is 32.6 Å². The Morgan fingerprint density at radius 3 is 2.59 bits per heavy atom. The molecule has 2 aromatic rings. The number of nitrogens with zero attached hydrogens (tertiary/aromatic N) is 3. The Morgan fingerprint density at radius 1 is 1.15 bits per heavy atom. The summed E-state index contributed by atoms with van der Waals surface area (Å²) in [5, 5.41) is 3.63. The predicted molar refractivity (Wildman–Crippen MR) is 102 cm³/mol. The van der Waals surface area contributed by atoms with E-state index in [4.69, 9.17) is 0 Å². The third-order valence-electron chi connectivity index (χ3n) is 6.26. The molecule has 7 nitrogen and oxygen atoms in total. The van der Waals surface area contributed by atoms with Gasteiger partial charge in [0.15, 0.2) is 0 Å². The minimum atomic E-state index is -0.156. The van der Waals surface area contributed by atoms with Crippen LogP contribution in [0.2, 0.25) is 0 Å². The highest BCUT2D eigenvalue weighted by molar-refractivity contribution is 5.80. The van der Waals surface area contributed by atoms with Crippen molar-refractivity contribution in [2.75, 3.05) is 26.2 Å². The van der Waals surface area contributed by atoms with Crippen molar-refractivity contribution in [1.82, 2.24) is 19.6 Å². The zero-order chi connectivity index (χ0) is 19.0. The summed E-state index contributed by atoms with van der Waals surface area (Å²) in [6, 6.07) is 7.29.